The van der Waals surface area contributed by atoms with Crippen LogP contribution in [0.1, 0.15) is 12.5 Å². The van der Waals surface area contributed by atoms with Crippen molar-refractivity contribution in [3.63, 3.8) is 0 Å². The van der Waals surface area contributed by atoms with Crippen molar-refractivity contribution < 1.29 is 9.13 Å². The molecule has 0 aliphatic heterocycles. The summed E-state index contributed by atoms with van der Waals surface area (Å²) in [6, 6.07) is 13.7. The predicted octanol–water partition coefficient (Wildman–Crippen LogP) is 3.71. The Morgan fingerprint density at radius 2 is 1.93 bits per heavy atom. The lowest BCUT2D eigenvalue weighted by Gasteiger charge is -2.08. The number of aromatic nitrogens is 4. The van der Waals surface area contributed by atoms with E-state index < -0.39 is 0 Å². The SMILES string of the molecule is CCOc1ccc(-n2ccn3c(SCc4cccc(F)c4)nnc3c2=O)cc1. The molecule has 0 aliphatic carbocycles. The van der Waals surface area contributed by atoms with E-state index in [1.54, 1.807) is 22.9 Å². The van der Waals surface area contributed by atoms with E-state index >= 15 is 0 Å². The average Bonchev–Trinajstić information content (AvgIpc) is 3.12. The zero-order valence-corrected chi connectivity index (χ0v) is 15.9. The average molecular weight is 396 g/mol. The molecule has 0 unspecified atom stereocenters. The van der Waals surface area contributed by atoms with Gasteiger partial charge in [-0.1, -0.05) is 23.9 Å². The van der Waals surface area contributed by atoms with Crippen molar-refractivity contribution in [3.05, 3.63) is 82.7 Å². The zero-order valence-electron chi connectivity index (χ0n) is 15.1. The number of halogens is 1. The Kier molecular flexibility index (Phi) is 5.12. The van der Waals surface area contributed by atoms with Crippen LogP contribution in [0.2, 0.25) is 0 Å². The third-order valence-electron chi connectivity index (χ3n) is 4.12. The van der Waals surface area contributed by atoms with E-state index in [0.717, 1.165) is 11.3 Å². The monoisotopic (exact) mass is 396 g/mol. The summed E-state index contributed by atoms with van der Waals surface area (Å²) in [5.74, 6) is 1.00. The van der Waals surface area contributed by atoms with Crippen molar-refractivity contribution in [1.82, 2.24) is 19.2 Å². The highest BCUT2D eigenvalue weighted by molar-refractivity contribution is 7.98. The molecule has 4 aromatic rings. The van der Waals surface area contributed by atoms with E-state index in [0.29, 0.717) is 23.2 Å². The van der Waals surface area contributed by atoms with Crippen LogP contribution >= 0.6 is 11.8 Å². The first-order valence-electron chi connectivity index (χ1n) is 8.72. The second-order valence-corrected chi connectivity index (χ2v) is 6.94. The first kappa shape index (κ1) is 18.2. The molecule has 0 fully saturated rings. The van der Waals surface area contributed by atoms with Crippen LogP contribution in [0.4, 0.5) is 4.39 Å². The fourth-order valence-corrected chi connectivity index (χ4v) is 3.67. The Morgan fingerprint density at radius 3 is 2.68 bits per heavy atom. The molecule has 2 aromatic heterocycles. The lowest BCUT2D eigenvalue weighted by Crippen LogP contribution is -2.20. The van der Waals surface area contributed by atoms with Crippen molar-refractivity contribution in [3.8, 4) is 11.4 Å². The summed E-state index contributed by atoms with van der Waals surface area (Å²) in [5, 5.41) is 8.74. The Morgan fingerprint density at radius 1 is 1.11 bits per heavy atom. The highest BCUT2D eigenvalue weighted by Crippen LogP contribution is 2.22. The minimum Gasteiger partial charge on any atom is -0.494 e. The van der Waals surface area contributed by atoms with Crippen molar-refractivity contribution >= 4 is 17.4 Å². The molecule has 0 spiro atoms. The summed E-state index contributed by atoms with van der Waals surface area (Å²) >= 11 is 1.39. The molecule has 0 atom stereocenters. The number of benzene rings is 2. The maximum atomic E-state index is 13.3. The van der Waals surface area contributed by atoms with Crippen LogP contribution in [-0.4, -0.2) is 25.8 Å². The zero-order chi connectivity index (χ0) is 19.5. The molecule has 0 saturated carbocycles. The second-order valence-electron chi connectivity index (χ2n) is 5.99. The van der Waals surface area contributed by atoms with Crippen LogP contribution < -0.4 is 10.3 Å². The van der Waals surface area contributed by atoms with Gasteiger partial charge in [0.1, 0.15) is 11.6 Å². The second kappa shape index (κ2) is 7.85. The van der Waals surface area contributed by atoms with Gasteiger partial charge in [0.25, 0.3) is 0 Å². The molecule has 2 heterocycles. The molecule has 4 rings (SSSR count). The van der Waals surface area contributed by atoms with Gasteiger partial charge in [0.05, 0.1) is 6.61 Å². The topological polar surface area (TPSA) is 61.4 Å². The summed E-state index contributed by atoms with van der Waals surface area (Å²) in [7, 11) is 0. The van der Waals surface area contributed by atoms with Crippen LogP contribution in [0, 0.1) is 5.82 Å². The smallest absolute Gasteiger partial charge is 0.300 e. The first-order valence-corrected chi connectivity index (χ1v) is 9.71. The molecular formula is C20H17FN4O2S. The minimum absolute atomic E-state index is 0.234. The number of hydrogen-bond donors (Lipinski definition) is 0. The summed E-state index contributed by atoms with van der Waals surface area (Å²) in [6.45, 7) is 2.50. The molecule has 0 N–H and O–H groups in total. The largest absolute Gasteiger partial charge is 0.494 e. The van der Waals surface area contributed by atoms with Gasteiger partial charge in [-0.15, -0.1) is 10.2 Å². The Bertz CT molecular complexity index is 1170. The van der Waals surface area contributed by atoms with E-state index in [2.05, 4.69) is 10.2 Å². The first-order chi connectivity index (χ1) is 13.7. The van der Waals surface area contributed by atoms with Gasteiger partial charge in [-0.2, -0.15) is 0 Å². The van der Waals surface area contributed by atoms with E-state index in [1.165, 1.54) is 28.5 Å². The van der Waals surface area contributed by atoms with E-state index in [1.807, 2.05) is 37.3 Å². The molecular weight excluding hydrogens is 379 g/mol. The maximum Gasteiger partial charge on any atom is 0.300 e. The third kappa shape index (κ3) is 3.63. The number of nitrogens with zero attached hydrogens (tertiary/aromatic N) is 4. The predicted molar refractivity (Wildman–Crippen MR) is 106 cm³/mol. The van der Waals surface area contributed by atoms with Crippen molar-refractivity contribution in [1.29, 1.82) is 0 Å². The standard InChI is InChI=1S/C20H17FN4O2S/c1-2-27-17-8-6-16(7-9-17)24-10-11-25-18(19(24)26)22-23-20(25)28-13-14-4-3-5-15(21)12-14/h3-12H,2,13H2,1H3. The van der Waals surface area contributed by atoms with E-state index in [9.17, 15) is 9.18 Å². The Hall–Kier alpha value is -3.13. The summed E-state index contributed by atoms with van der Waals surface area (Å²) < 4.78 is 21.9. The maximum absolute atomic E-state index is 13.3. The van der Waals surface area contributed by atoms with Gasteiger partial charge in [0, 0.05) is 23.8 Å². The van der Waals surface area contributed by atoms with Crippen molar-refractivity contribution in [2.24, 2.45) is 0 Å². The summed E-state index contributed by atoms with van der Waals surface area (Å²) in [5.41, 5.74) is 1.52. The molecule has 6 nitrogen and oxygen atoms in total. The van der Waals surface area contributed by atoms with Crippen LogP contribution in [0.15, 0.2) is 70.9 Å². The third-order valence-corrected chi connectivity index (χ3v) is 5.14. The van der Waals surface area contributed by atoms with Crippen LogP contribution in [0.5, 0.6) is 5.75 Å². The molecule has 0 radical (unpaired) electrons. The van der Waals surface area contributed by atoms with Crippen LogP contribution in [0.3, 0.4) is 0 Å². The van der Waals surface area contributed by atoms with E-state index in [-0.39, 0.29) is 17.0 Å². The quantitative estimate of drug-likeness (QED) is 0.465. The fraction of sp³-hybridized carbons (Fsp3) is 0.150. The molecule has 28 heavy (non-hydrogen) atoms. The van der Waals surface area contributed by atoms with Gasteiger partial charge in [-0.05, 0) is 48.9 Å². The fourth-order valence-electron chi connectivity index (χ4n) is 2.81. The van der Waals surface area contributed by atoms with Crippen molar-refractivity contribution in [2.75, 3.05) is 6.61 Å². The molecule has 0 bridgehead atoms. The Balaban J connectivity index is 1.61. The minimum atomic E-state index is -0.276. The number of rotatable bonds is 6. The highest BCUT2D eigenvalue weighted by atomic mass is 32.2. The number of ether oxygens (including phenoxy) is 1. The number of fused-ring (bicyclic) bond motifs is 1. The molecule has 0 saturated heterocycles. The molecule has 8 heteroatoms. The number of thioether (sulfide) groups is 1. The highest BCUT2D eigenvalue weighted by Gasteiger charge is 2.12. The van der Waals surface area contributed by atoms with Gasteiger partial charge in [0.2, 0.25) is 5.65 Å². The summed E-state index contributed by atoms with van der Waals surface area (Å²) in [6.07, 6.45) is 3.43. The lowest BCUT2D eigenvalue weighted by molar-refractivity contribution is 0.340. The molecule has 2 aromatic carbocycles. The van der Waals surface area contributed by atoms with Crippen molar-refractivity contribution in [2.45, 2.75) is 17.8 Å². The van der Waals surface area contributed by atoms with Crippen LogP contribution in [-0.2, 0) is 5.75 Å². The number of hydrogen-bond acceptors (Lipinski definition) is 5. The normalized spacial score (nSPS) is 11.1. The van der Waals surface area contributed by atoms with Gasteiger partial charge in [0.15, 0.2) is 5.16 Å². The van der Waals surface area contributed by atoms with Gasteiger partial charge in [-0.25, -0.2) is 4.39 Å². The van der Waals surface area contributed by atoms with Gasteiger partial charge >= 0.3 is 5.56 Å². The molecule has 0 aliphatic rings. The van der Waals surface area contributed by atoms with Crippen LogP contribution in [0.25, 0.3) is 11.3 Å². The van der Waals surface area contributed by atoms with Gasteiger partial charge in [-0.3, -0.25) is 13.8 Å². The van der Waals surface area contributed by atoms with E-state index in [4.69, 9.17) is 4.74 Å². The Labute approximate surface area is 164 Å². The van der Waals surface area contributed by atoms with Gasteiger partial charge < -0.3 is 4.74 Å². The molecule has 142 valence electrons. The molecule has 0 amide bonds. The lowest BCUT2D eigenvalue weighted by atomic mass is 10.2. The summed E-state index contributed by atoms with van der Waals surface area (Å²) in [4.78, 5) is 12.8.